The average molecular weight is 325 g/mol. The summed E-state index contributed by atoms with van der Waals surface area (Å²) in [6.45, 7) is 6.73. The molecule has 124 valence electrons. The fraction of sp³-hybridized carbons (Fsp3) is 0.263. The Morgan fingerprint density at radius 1 is 1.17 bits per heavy atom. The van der Waals surface area contributed by atoms with Crippen molar-refractivity contribution in [3.05, 3.63) is 60.2 Å². The van der Waals surface area contributed by atoms with E-state index in [2.05, 4.69) is 31.1 Å². The Labute approximate surface area is 140 Å². The van der Waals surface area contributed by atoms with Crippen LogP contribution in [0.25, 0.3) is 16.9 Å². The van der Waals surface area contributed by atoms with Crippen molar-refractivity contribution in [2.24, 2.45) is 5.41 Å². The highest BCUT2D eigenvalue weighted by atomic mass is 19.1. The van der Waals surface area contributed by atoms with E-state index in [0.717, 1.165) is 11.1 Å². The Morgan fingerprint density at radius 3 is 2.54 bits per heavy atom. The lowest BCUT2D eigenvalue weighted by atomic mass is 9.97. The molecule has 0 unspecified atom stereocenters. The van der Waals surface area contributed by atoms with E-state index in [4.69, 9.17) is 0 Å². The summed E-state index contributed by atoms with van der Waals surface area (Å²) in [5.74, 6) is 0.108. The van der Waals surface area contributed by atoms with Crippen LogP contribution in [-0.4, -0.2) is 21.8 Å². The van der Waals surface area contributed by atoms with Crippen LogP contribution >= 0.6 is 0 Å². The van der Waals surface area contributed by atoms with Crippen LogP contribution in [0.2, 0.25) is 0 Å². The van der Waals surface area contributed by atoms with Crippen LogP contribution < -0.4 is 5.32 Å². The van der Waals surface area contributed by atoms with Crippen LogP contribution in [0.15, 0.2) is 48.7 Å². The van der Waals surface area contributed by atoms with Crippen molar-refractivity contribution in [1.29, 1.82) is 0 Å². The van der Waals surface area contributed by atoms with Crippen molar-refractivity contribution in [3.63, 3.8) is 0 Å². The summed E-state index contributed by atoms with van der Waals surface area (Å²) in [4.78, 5) is 17.1. The van der Waals surface area contributed by atoms with Crippen LogP contribution in [-0.2, 0) is 0 Å². The quantitative estimate of drug-likeness (QED) is 0.793. The smallest absolute Gasteiger partial charge is 0.272 e. The van der Waals surface area contributed by atoms with Gasteiger partial charge in [0.2, 0.25) is 0 Å². The van der Waals surface area contributed by atoms with Gasteiger partial charge >= 0.3 is 0 Å². The minimum atomic E-state index is -0.303. The molecule has 4 nitrogen and oxygen atoms in total. The molecule has 0 saturated heterocycles. The molecule has 0 atom stereocenters. The third kappa shape index (κ3) is 3.30. The SMILES string of the molecule is CC(C)(C)CNC(=O)c1nc(-c2ccc(F)cc2)n2ccccc12. The zero-order valence-electron chi connectivity index (χ0n) is 14.0. The average Bonchev–Trinajstić information content (AvgIpc) is 2.92. The summed E-state index contributed by atoms with van der Waals surface area (Å²) < 4.78 is 15.0. The van der Waals surface area contributed by atoms with Crippen LogP contribution in [0.4, 0.5) is 4.39 Å². The zero-order chi connectivity index (χ0) is 17.3. The predicted molar refractivity (Wildman–Crippen MR) is 92.4 cm³/mol. The number of nitrogens with one attached hydrogen (secondary N) is 1. The van der Waals surface area contributed by atoms with Crippen LogP contribution in [0.5, 0.6) is 0 Å². The summed E-state index contributed by atoms with van der Waals surface area (Å²) >= 11 is 0. The van der Waals surface area contributed by atoms with Crippen LogP contribution in [0.3, 0.4) is 0 Å². The fourth-order valence-electron chi connectivity index (χ4n) is 2.44. The van der Waals surface area contributed by atoms with Gasteiger partial charge in [0, 0.05) is 18.3 Å². The molecule has 0 radical (unpaired) electrons. The van der Waals surface area contributed by atoms with Crippen molar-refractivity contribution in [3.8, 4) is 11.4 Å². The maximum Gasteiger partial charge on any atom is 0.272 e. The minimum Gasteiger partial charge on any atom is -0.350 e. The maximum absolute atomic E-state index is 13.2. The number of benzene rings is 1. The number of pyridine rings is 1. The summed E-state index contributed by atoms with van der Waals surface area (Å²) in [6, 6.07) is 11.7. The second kappa shape index (κ2) is 6.07. The molecule has 0 aliphatic rings. The van der Waals surface area contributed by atoms with E-state index in [-0.39, 0.29) is 17.1 Å². The van der Waals surface area contributed by atoms with E-state index >= 15 is 0 Å². The van der Waals surface area contributed by atoms with Crippen LogP contribution in [0, 0.1) is 11.2 Å². The largest absolute Gasteiger partial charge is 0.350 e. The lowest BCUT2D eigenvalue weighted by Gasteiger charge is -2.18. The molecule has 24 heavy (non-hydrogen) atoms. The Kier molecular flexibility index (Phi) is 4.09. The molecule has 1 amide bonds. The van der Waals surface area contributed by atoms with Crippen molar-refractivity contribution in [2.45, 2.75) is 20.8 Å². The van der Waals surface area contributed by atoms with Gasteiger partial charge in [-0.3, -0.25) is 9.20 Å². The summed E-state index contributed by atoms with van der Waals surface area (Å²) in [5.41, 5.74) is 1.85. The number of carbonyl (C=O) groups excluding carboxylic acids is 1. The number of hydrogen-bond donors (Lipinski definition) is 1. The molecule has 0 aliphatic carbocycles. The van der Waals surface area contributed by atoms with Gasteiger partial charge in [-0.1, -0.05) is 26.8 Å². The number of aromatic nitrogens is 2. The third-order valence-electron chi connectivity index (χ3n) is 3.65. The molecule has 1 N–H and O–H groups in total. The molecule has 1 aromatic carbocycles. The van der Waals surface area contributed by atoms with Crippen molar-refractivity contribution in [2.75, 3.05) is 6.54 Å². The Balaban J connectivity index is 2.03. The molecule has 3 aromatic rings. The normalized spacial score (nSPS) is 11.7. The number of amides is 1. The van der Waals surface area contributed by atoms with Gasteiger partial charge in [-0.2, -0.15) is 0 Å². The lowest BCUT2D eigenvalue weighted by molar-refractivity contribution is 0.0936. The van der Waals surface area contributed by atoms with Gasteiger partial charge < -0.3 is 5.32 Å². The van der Waals surface area contributed by atoms with Gasteiger partial charge in [-0.05, 0) is 41.8 Å². The van der Waals surface area contributed by atoms with Crippen molar-refractivity contribution < 1.29 is 9.18 Å². The molecule has 0 spiro atoms. The lowest BCUT2D eigenvalue weighted by Crippen LogP contribution is -2.32. The van der Waals surface area contributed by atoms with Crippen LogP contribution in [0.1, 0.15) is 31.3 Å². The third-order valence-corrected chi connectivity index (χ3v) is 3.65. The number of carbonyl (C=O) groups is 1. The molecule has 2 aromatic heterocycles. The molecule has 0 fully saturated rings. The Hall–Kier alpha value is -2.69. The highest BCUT2D eigenvalue weighted by Gasteiger charge is 2.20. The highest BCUT2D eigenvalue weighted by molar-refractivity contribution is 6.00. The summed E-state index contributed by atoms with van der Waals surface area (Å²) in [7, 11) is 0. The number of rotatable bonds is 3. The molecular weight excluding hydrogens is 305 g/mol. The highest BCUT2D eigenvalue weighted by Crippen LogP contribution is 2.23. The molecule has 3 rings (SSSR count). The Morgan fingerprint density at radius 2 is 1.88 bits per heavy atom. The van der Waals surface area contributed by atoms with Gasteiger partial charge in [-0.15, -0.1) is 0 Å². The monoisotopic (exact) mass is 325 g/mol. The van der Waals surface area contributed by atoms with Gasteiger partial charge in [0.1, 0.15) is 11.6 Å². The maximum atomic E-state index is 13.2. The number of halogens is 1. The molecule has 0 aliphatic heterocycles. The first-order valence-electron chi connectivity index (χ1n) is 7.86. The topological polar surface area (TPSA) is 46.4 Å². The molecule has 5 heteroatoms. The number of hydrogen-bond acceptors (Lipinski definition) is 2. The number of nitrogens with zero attached hydrogens (tertiary/aromatic N) is 2. The van der Waals surface area contributed by atoms with Gasteiger partial charge in [0.15, 0.2) is 5.69 Å². The van der Waals surface area contributed by atoms with Gasteiger partial charge in [-0.25, -0.2) is 9.37 Å². The zero-order valence-corrected chi connectivity index (χ0v) is 14.0. The van der Waals surface area contributed by atoms with Gasteiger partial charge in [0.05, 0.1) is 5.52 Å². The summed E-state index contributed by atoms with van der Waals surface area (Å²) in [5, 5.41) is 2.93. The van der Waals surface area contributed by atoms with E-state index in [9.17, 15) is 9.18 Å². The fourth-order valence-corrected chi connectivity index (χ4v) is 2.44. The van der Waals surface area contributed by atoms with E-state index in [1.807, 2.05) is 28.8 Å². The van der Waals surface area contributed by atoms with E-state index in [1.54, 1.807) is 12.1 Å². The first-order valence-corrected chi connectivity index (χ1v) is 7.86. The van der Waals surface area contributed by atoms with Crippen molar-refractivity contribution in [1.82, 2.24) is 14.7 Å². The minimum absolute atomic E-state index is 0.00894. The summed E-state index contributed by atoms with van der Waals surface area (Å²) in [6.07, 6.45) is 1.85. The molecular formula is C19H20FN3O. The second-order valence-corrected chi connectivity index (χ2v) is 6.99. The first kappa shape index (κ1) is 16.2. The Bertz CT molecular complexity index is 876. The standard InChI is InChI=1S/C19H20FN3O/c1-19(2,3)12-21-18(24)16-15-6-4-5-11-23(15)17(22-16)13-7-9-14(20)10-8-13/h4-11H,12H2,1-3H3,(H,21,24). The predicted octanol–water partition coefficient (Wildman–Crippen LogP) is 3.92. The molecule has 2 heterocycles. The second-order valence-electron chi connectivity index (χ2n) is 6.99. The van der Waals surface area contributed by atoms with E-state index in [0.29, 0.717) is 18.1 Å². The van der Waals surface area contributed by atoms with Gasteiger partial charge in [0.25, 0.3) is 5.91 Å². The van der Waals surface area contributed by atoms with Crippen molar-refractivity contribution >= 4 is 11.4 Å². The number of fused-ring (bicyclic) bond motifs is 1. The number of imidazole rings is 1. The van der Waals surface area contributed by atoms with E-state index in [1.165, 1.54) is 12.1 Å². The van der Waals surface area contributed by atoms with E-state index < -0.39 is 0 Å². The molecule has 0 bridgehead atoms. The molecule has 0 saturated carbocycles. The first-order chi connectivity index (χ1) is 11.3.